The molecule has 0 amide bonds. The minimum absolute atomic E-state index is 0.0347. The van der Waals surface area contributed by atoms with Gasteiger partial charge < -0.3 is 0 Å². The molecule has 0 heterocycles. The van der Waals surface area contributed by atoms with Crippen molar-refractivity contribution in [2.45, 2.75) is 25.2 Å². The van der Waals surface area contributed by atoms with Gasteiger partial charge in [0.25, 0.3) is 5.69 Å². The second-order valence-electron chi connectivity index (χ2n) is 4.34. The molecule has 1 fully saturated rings. The third-order valence-electron chi connectivity index (χ3n) is 3.16. The van der Waals surface area contributed by atoms with E-state index in [1.54, 1.807) is 19.1 Å². The lowest BCUT2D eigenvalue weighted by Crippen LogP contribution is -2.40. The van der Waals surface area contributed by atoms with Gasteiger partial charge in [-0.3, -0.25) is 14.9 Å². The number of rotatable bonds is 2. The standard InChI is InChI=1S/C12H10N2O3/c1-8-4-9(2-3-11(8)14(16)17)12(7-13)5-10(15)6-12/h2-4H,5-6H2,1H3. The fourth-order valence-corrected chi connectivity index (χ4v) is 2.13. The van der Waals surface area contributed by atoms with Crippen molar-refractivity contribution in [1.29, 1.82) is 5.26 Å². The first-order chi connectivity index (χ1) is 7.98. The van der Waals surface area contributed by atoms with Crippen LogP contribution in [0.2, 0.25) is 0 Å². The maximum absolute atomic E-state index is 11.0. The number of carbonyl (C=O) groups excluding carboxylic acids is 1. The molecule has 0 aliphatic heterocycles. The predicted molar refractivity (Wildman–Crippen MR) is 59.4 cm³/mol. The van der Waals surface area contributed by atoms with Crippen LogP contribution < -0.4 is 0 Å². The van der Waals surface area contributed by atoms with Crippen LogP contribution in [0.15, 0.2) is 18.2 Å². The molecule has 0 unspecified atom stereocenters. The van der Waals surface area contributed by atoms with Crippen LogP contribution in [-0.4, -0.2) is 10.7 Å². The van der Waals surface area contributed by atoms with Gasteiger partial charge in [0.15, 0.2) is 0 Å². The Labute approximate surface area is 97.8 Å². The summed E-state index contributed by atoms with van der Waals surface area (Å²) in [6, 6.07) is 6.75. The molecule has 5 heteroatoms. The zero-order valence-electron chi connectivity index (χ0n) is 9.27. The Morgan fingerprint density at radius 2 is 2.12 bits per heavy atom. The fraction of sp³-hybridized carbons (Fsp3) is 0.333. The second kappa shape index (κ2) is 3.67. The van der Waals surface area contributed by atoms with E-state index in [1.165, 1.54) is 6.07 Å². The molecule has 0 radical (unpaired) electrons. The maximum atomic E-state index is 11.0. The van der Waals surface area contributed by atoms with E-state index in [0.29, 0.717) is 11.1 Å². The second-order valence-corrected chi connectivity index (χ2v) is 4.34. The van der Waals surface area contributed by atoms with Gasteiger partial charge in [0.05, 0.1) is 16.4 Å². The molecule has 1 aliphatic rings. The summed E-state index contributed by atoms with van der Waals surface area (Å²) in [5, 5.41) is 19.8. The smallest absolute Gasteiger partial charge is 0.272 e. The van der Waals surface area contributed by atoms with Crippen LogP contribution >= 0.6 is 0 Å². The minimum Gasteiger partial charge on any atom is -0.300 e. The Hall–Kier alpha value is -2.22. The molecule has 17 heavy (non-hydrogen) atoms. The molecule has 0 atom stereocenters. The fourth-order valence-electron chi connectivity index (χ4n) is 2.13. The zero-order valence-corrected chi connectivity index (χ0v) is 9.27. The van der Waals surface area contributed by atoms with Gasteiger partial charge in [0, 0.05) is 24.5 Å². The first-order valence-corrected chi connectivity index (χ1v) is 5.17. The van der Waals surface area contributed by atoms with E-state index in [0.717, 1.165) is 0 Å². The van der Waals surface area contributed by atoms with Gasteiger partial charge in [0.1, 0.15) is 5.78 Å². The number of nitro groups is 1. The summed E-state index contributed by atoms with van der Waals surface area (Å²) < 4.78 is 0. The summed E-state index contributed by atoms with van der Waals surface area (Å²) in [5.41, 5.74) is 0.480. The number of hydrogen-bond donors (Lipinski definition) is 0. The number of nitro benzene ring substituents is 1. The molecule has 5 nitrogen and oxygen atoms in total. The van der Waals surface area contributed by atoms with E-state index in [2.05, 4.69) is 6.07 Å². The van der Waals surface area contributed by atoms with Crippen LogP contribution in [0.1, 0.15) is 24.0 Å². The first kappa shape index (κ1) is 11.3. The van der Waals surface area contributed by atoms with Crippen LogP contribution in [0, 0.1) is 28.4 Å². The number of aryl methyl sites for hydroxylation is 1. The Bertz CT molecular complexity index is 549. The summed E-state index contributed by atoms with van der Waals surface area (Å²) in [7, 11) is 0. The molecule has 1 aromatic rings. The molecule has 1 aromatic carbocycles. The highest BCUT2D eigenvalue weighted by atomic mass is 16.6. The van der Waals surface area contributed by atoms with E-state index >= 15 is 0 Å². The molecule has 0 bridgehead atoms. The predicted octanol–water partition coefficient (Wildman–Crippen LogP) is 2.03. The molecule has 0 aromatic heterocycles. The summed E-state index contributed by atoms with van der Waals surface area (Å²) in [5.74, 6) is 0.0579. The lowest BCUT2D eigenvalue weighted by molar-refractivity contribution is -0.385. The Morgan fingerprint density at radius 1 is 1.47 bits per heavy atom. The maximum Gasteiger partial charge on any atom is 0.272 e. The Kier molecular flexibility index (Phi) is 2.43. The molecule has 1 saturated carbocycles. The van der Waals surface area contributed by atoms with Gasteiger partial charge in [-0.2, -0.15) is 5.26 Å². The lowest BCUT2D eigenvalue weighted by atomic mass is 9.64. The van der Waals surface area contributed by atoms with Crippen molar-refractivity contribution < 1.29 is 9.72 Å². The quantitative estimate of drug-likeness (QED) is 0.574. The van der Waals surface area contributed by atoms with Crippen molar-refractivity contribution in [1.82, 2.24) is 0 Å². The SMILES string of the molecule is Cc1cc(C2(C#N)CC(=O)C2)ccc1[N+](=O)[O-]. The van der Waals surface area contributed by atoms with Crippen LogP contribution in [-0.2, 0) is 10.2 Å². The van der Waals surface area contributed by atoms with Gasteiger partial charge in [-0.1, -0.05) is 6.07 Å². The van der Waals surface area contributed by atoms with Gasteiger partial charge in [-0.15, -0.1) is 0 Å². The molecular formula is C12H10N2O3. The number of nitriles is 1. The summed E-state index contributed by atoms with van der Waals surface area (Å²) in [6.07, 6.45) is 0.418. The van der Waals surface area contributed by atoms with Crippen LogP contribution in [0.4, 0.5) is 5.69 Å². The molecule has 1 aliphatic carbocycles. The van der Waals surface area contributed by atoms with E-state index in [9.17, 15) is 14.9 Å². The highest BCUT2D eigenvalue weighted by Crippen LogP contribution is 2.41. The number of Topliss-reactive ketones (excluding diaryl/α,β-unsaturated/α-hetero) is 1. The molecular weight excluding hydrogens is 220 g/mol. The minimum atomic E-state index is -0.767. The first-order valence-electron chi connectivity index (χ1n) is 5.17. The lowest BCUT2D eigenvalue weighted by Gasteiger charge is -2.34. The van der Waals surface area contributed by atoms with E-state index < -0.39 is 10.3 Å². The monoisotopic (exact) mass is 230 g/mol. The van der Waals surface area contributed by atoms with E-state index in [1.807, 2.05) is 0 Å². The third kappa shape index (κ3) is 1.68. The Balaban J connectivity index is 2.42. The third-order valence-corrected chi connectivity index (χ3v) is 3.16. The van der Waals surface area contributed by atoms with Gasteiger partial charge in [0.2, 0.25) is 0 Å². The number of carbonyl (C=O) groups is 1. The molecule has 0 N–H and O–H groups in total. The van der Waals surface area contributed by atoms with Crippen LogP contribution in [0.25, 0.3) is 0 Å². The molecule has 86 valence electrons. The van der Waals surface area contributed by atoms with Crippen LogP contribution in [0.3, 0.4) is 0 Å². The number of ketones is 1. The summed E-state index contributed by atoms with van der Waals surface area (Å²) in [4.78, 5) is 21.3. The topological polar surface area (TPSA) is 84.0 Å². The van der Waals surface area contributed by atoms with Gasteiger partial charge >= 0.3 is 0 Å². The van der Waals surface area contributed by atoms with Crippen molar-refractivity contribution in [2.75, 3.05) is 0 Å². The van der Waals surface area contributed by atoms with Crippen molar-refractivity contribution in [2.24, 2.45) is 0 Å². The summed E-state index contributed by atoms with van der Waals surface area (Å²) >= 11 is 0. The normalized spacial score (nSPS) is 17.1. The average molecular weight is 230 g/mol. The highest BCUT2D eigenvalue weighted by molar-refractivity contribution is 5.90. The average Bonchev–Trinajstić information content (AvgIpc) is 2.23. The molecule has 0 spiro atoms. The molecule has 0 saturated heterocycles. The number of nitrogens with zero attached hydrogens (tertiary/aromatic N) is 2. The van der Waals surface area contributed by atoms with Crippen molar-refractivity contribution in [3.8, 4) is 6.07 Å². The number of hydrogen-bond acceptors (Lipinski definition) is 4. The van der Waals surface area contributed by atoms with Gasteiger partial charge in [-0.05, 0) is 18.6 Å². The Morgan fingerprint density at radius 3 is 2.53 bits per heavy atom. The van der Waals surface area contributed by atoms with Crippen molar-refractivity contribution >= 4 is 11.5 Å². The summed E-state index contributed by atoms with van der Waals surface area (Å²) in [6.45, 7) is 1.63. The largest absolute Gasteiger partial charge is 0.300 e. The van der Waals surface area contributed by atoms with E-state index in [-0.39, 0.29) is 24.3 Å². The van der Waals surface area contributed by atoms with Crippen molar-refractivity contribution in [3.05, 3.63) is 39.4 Å². The number of benzene rings is 1. The van der Waals surface area contributed by atoms with Crippen molar-refractivity contribution in [3.63, 3.8) is 0 Å². The highest BCUT2D eigenvalue weighted by Gasteiger charge is 2.45. The zero-order chi connectivity index (χ0) is 12.6. The van der Waals surface area contributed by atoms with Crippen LogP contribution in [0.5, 0.6) is 0 Å². The molecule has 2 rings (SSSR count). The van der Waals surface area contributed by atoms with E-state index in [4.69, 9.17) is 5.26 Å². The van der Waals surface area contributed by atoms with Gasteiger partial charge in [-0.25, -0.2) is 0 Å².